The number of aromatic nitrogens is 3. The first-order valence-corrected chi connectivity index (χ1v) is 6.92. The number of hydrogen-bond acceptors (Lipinski definition) is 3. The summed E-state index contributed by atoms with van der Waals surface area (Å²) in [5.74, 6) is -0.892. The van der Waals surface area contributed by atoms with Gasteiger partial charge in [-0.3, -0.25) is 14.9 Å². The van der Waals surface area contributed by atoms with Crippen molar-refractivity contribution in [2.75, 3.05) is 0 Å². The molecule has 0 aliphatic rings. The second-order valence-corrected chi connectivity index (χ2v) is 5.04. The van der Waals surface area contributed by atoms with Crippen LogP contribution in [0.5, 0.6) is 0 Å². The van der Waals surface area contributed by atoms with E-state index in [9.17, 15) is 4.79 Å². The lowest BCUT2D eigenvalue weighted by Crippen LogP contribution is -2.02. The van der Waals surface area contributed by atoms with Gasteiger partial charge in [-0.05, 0) is 24.6 Å². The third-order valence-electron chi connectivity index (χ3n) is 3.43. The van der Waals surface area contributed by atoms with Crippen LogP contribution in [0.4, 0.5) is 0 Å². The molecule has 0 unspecified atom stereocenters. The number of carboxylic acid groups (broad SMARTS) is 1. The molecule has 0 saturated carbocycles. The van der Waals surface area contributed by atoms with E-state index < -0.39 is 5.97 Å². The molecule has 2 heterocycles. The first-order chi connectivity index (χ1) is 10.6. The van der Waals surface area contributed by atoms with Crippen LogP contribution in [0, 0.1) is 6.92 Å². The van der Waals surface area contributed by atoms with Gasteiger partial charge in [0, 0.05) is 23.0 Å². The lowest BCUT2D eigenvalue weighted by atomic mass is 9.99. The maximum atomic E-state index is 10.9. The van der Waals surface area contributed by atoms with Gasteiger partial charge in [0.15, 0.2) is 0 Å². The number of H-pyrrole nitrogens is 1. The fourth-order valence-corrected chi connectivity index (χ4v) is 2.47. The van der Waals surface area contributed by atoms with Crippen molar-refractivity contribution in [1.29, 1.82) is 0 Å². The van der Waals surface area contributed by atoms with Gasteiger partial charge < -0.3 is 5.11 Å². The molecule has 0 amide bonds. The summed E-state index contributed by atoms with van der Waals surface area (Å²) in [6.45, 7) is 1.95. The Bertz CT molecular complexity index is 810. The van der Waals surface area contributed by atoms with E-state index in [-0.39, 0.29) is 6.42 Å². The number of aromatic amines is 1. The standard InChI is InChI=1S/C17H15N3O2/c1-11-16(13-7-8-18-14(9-13)10-15(21)22)17(20-19-11)12-5-3-2-4-6-12/h2-9H,10H2,1H3,(H,19,20)(H,21,22). The third-order valence-corrected chi connectivity index (χ3v) is 3.43. The summed E-state index contributed by atoms with van der Waals surface area (Å²) in [6.07, 6.45) is 1.54. The minimum absolute atomic E-state index is 0.0919. The van der Waals surface area contributed by atoms with Gasteiger partial charge in [-0.25, -0.2) is 0 Å². The average Bonchev–Trinajstić information content (AvgIpc) is 2.89. The molecular formula is C17H15N3O2. The molecular weight excluding hydrogens is 278 g/mol. The lowest BCUT2D eigenvalue weighted by molar-refractivity contribution is -0.136. The molecule has 0 aliphatic heterocycles. The number of pyridine rings is 1. The number of nitrogens with one attached hydrogen (secondary N) is 1. The van der Waals surface area contributed by atoms with E-state index >= 15 is 0 Å². The Balaban J connectivity index is 2.09. The molecule has 2 aromatic heterocycles. The second kappa shape index (κ2) is 5.81. The number of aryl methyl sites for hydroxylation is 1. The molecule has 2 N–H and O–H groups in total. The predicted octanol–water partition coefficient (Wildman–Crippen LogP) is 3.07. The van der Waals surface area contributed by atoms with Gasteiger partial charge in [0.25, 0.3) is 0 Å². The summed E-state index contributed by atoms with van der Waals surface area (Å²) < 4.78 is 0. The average molecular weight is 293 g/mol. The molecule has 3 aromatic rings. The molecule has 0 bridgehead atoms. The molecule has 5 nitrogen and oxygen atoms in total. The molecule has 110 valence electrons. The van der Waals surface area contributed by atoms with Crippen molar-refractivity contribution in [1.82, 2.24) is 15.2 Å². The van der Waals surface area contributed by atoms with Gasteiger partial charge in [-0.1, -0.05) is 30.3 Å². The summed E-state index contributed by atoms with van der Waals surface area (Å²) in [5.41, 5.74) is 5.22. The van der Waals surface area contributed by atoms with Crippen LogP contribution in [0.25, 0.3) is 22.4 Å². The lowest BCUT2D eigenvalue weighted by Gasteiger charge is -2.06. The Kier molecular flexibility index (Phi) is 3.70. The van der Waals surface area contributed by atoms with Gasteiger partial charge in [0.2, 0.25) is 0 Å². The van der Waals surface area contributed by atoms with Gasteiger partial charge in [-0.2, -0.15) is 5.10 Å². The SMILES string of the molecule is Cc1[nH]nc(-c2ccccc2)c1-c1ccnc(CC(=O)O)c1. The third kappa shape index (κ3) is 2.74. The van der Waals surface area contributed by atoms with Crippen LogP contribution in [-0.2, 0) is 11.2 Å². The predicted molar refractivity (Wildman–Crippen MR) is 83.3 cm³/mol. The summed E-state index contributed by atoms with van der Waals surface area (Å²) >= 11 is 0. The minimum atomic E-state index is -0.892. The topological polar surface area (TPSA) is 78.9 Å². The Labute approximate surface area is 127 Å². The molecule has 0 saturated heterocycles. The van der Waals surface area contributed by atoms with Crippen LogP contribution >= 0.6 is 0 Å². The van der Waals surface area contributed by atoms with Crippen molar-refractivity contribution in [2.24, 2.45) is 0 Å². The highest BCUT2D eigenvalue weighted by Crippen LogP contribution is 2.32. The van der Waals surface area contributed by atoms with E-state index in [0.717, 1.165) is 28.1 Å². The number of rotatable bonds is 4. The molecule has 3 rings (SSSR count). The molecule has 0 aliphatic carbocycles. The number of benzene rings is 1. The molecule has 22 heavy (non-hydrogen) atoms. The normalized spacial score (nSPS) is 10.6. The highest BCUT2D eigenvalue weighted by Gasteiger charge is 2.15. The van der Waals surface area contributed by atoms with Crippen LogP contribution in [0.3, 0.4) is 0 Å². The fraction of sp³-hybridized carbons (Fsp3) is 0.118. The Morgan fingerprint density at radius 2 is 1.95 bits per heavy atom. The molecule has 0 fully saturated rings. The number of nitrogens with zero attached hydrogens (tertiary/aromatic N) is 2. The molecule has 1 aromatic carbocycles. The zero-order valence-corrected chi connectivity index (χ0v) is 12.1. The summed E-state index contributed by atoms with van der Waals surface area (Å²) in [5, 5.41) is 16.3. The maximum absolute atomic E-state index is 10.9. The first-order valence-electron chi connectivity index (χ1n) is 6.92. The first kappa shape index (κ1) is 14.0. The zero-order chi connectivity index (χ0) is 15.5. The number of carbonyl (C=O) groups is 1. The van der Waals surface area contributed by atoms with E-state index in [0.29, 0.717) is 5.69 Å². The van der Waals surface area contributed by atoms with Crippen molar-refractivity contribution in [3.05, 3.63) is 60.0 Å². The highest BCUT2D eigenvalue weighted by atomic mass is 16.4. The Morgan fingerprint density at radius 3 is 2.68 bits per heavy atom. The number of aliphatic carboxylic acids is 1. The van der Waals surface area contributed by atoms with Crippen LogP contribution in [0.1, 0.15) is 11.4 Å². The number of hydrogen-bond donors (Lipinski definition) is 2. The molecule has 0 radical (unpaired) electrons. The highest BCUT2D eigenvalue weighted by molar-refractivity contribution is 5.82. The number of carboxylic acids is 1. The van der Waals surface area contributed by atoms with Crippen LogP contribution < -0.4 is 0 Å². The largest absolute Gasteiger partial charge is 0.481 e. The zero-order valence-electron chi connectivity index (χ0n) is 12.1. The fourth-order valence-electron chi connectivity index (χ4n) is 2.47. The van der Waals surface area contributed by atoms with Crippen molar-refractivity contribution in [2.45, 2.75) is 13.3 Å². The van der Waals surface area contributed by atoms with Crippen LogP contribution in [-0.4, -0.2) is 26.3 Å². The molecule has 0 atom stereocenters. The van der Waals surface area contributed by atoms with Crippen molar-refractivity contribution in [3.63, 3.8) is 0 Å². The monoisotopic (exact) mass is 293 g/mol. The van der Waals surface area contributed by atoms with Gasteiger partial charge in [-0.15, -0.1) is 0 Å². The van der Waals surface area contributed by atoms with E-state index in [4.69, 9.17) is 5.11 Å². The quantitative estimate of drug-likeness (QED) is 0.774. The van der Waals surface area contributed by atoms with Gasteiger partial charge >= 0.3 is 5.97 Å². The van der Waals surface area contributed by atoms with Crippen molar-refractivity contribution < 1.29 is 9.90 Å². The Hall–Kier alpha value is -2.95. The van der Waals surface area contributed by atoms with E-state index in [1.54, 1.807) is 12.3 Å². The summed E-state index contributed by atoms with van der Waals surface area (Å²) in [6, 6.07) is 13.6. The van der Waals surface area contributed by atoms with Crippen molar-refractivity contribution in [3.8, 4) is 22.4 Å². The van der Waals surface area contributed by atoms with Crippen LogP contribution in [0.2, 0.25) is 0 Å². The van der Waals surface area contributed by atoms with E-state index in [2.05, 4.69) is 15.2 Å². The van der Waals surface area contributed by atoms with Gasteiger partial charge in [0.05, 0.1) is 12.1 Å². The van der Waals surface area contributed by atoms with Crippen LogP contribution in [0.15, 0.2) is 48.7 Å². The Morgan fingerprint density at radius 1 is 1.18 bits per heavy atom. The summed E-state index contributed by atoms with van der Waals surface area (Å²) in [7, 11) is 0. The summed E-state index contributed by atoms with van der Waals surface area (Å²) in [4.78, 5) is 15.0. The maximum Gasteiger partial charge on any atom is 0.309 e. The minimum Gasteiger partial charge on any atom is -0.481 e. The van der Waals surface area contributed by atoms with E-state index in [1.165, 1.54) is 0 Å². The molecule has 0 spiro atoms. The van der Waals surface area contributed by atoms with E-state index in [1.807, 2.05) is 43.3 Å². The molecule has 5 heteroatoms. The van der Waals surface area contributed by atoms with Crippen molar-refractivity contribution >= 4 is 5.97 Å². The second-order valence-electron chi connectivity index (χ2n) is 5.04. The smallest absolute Gasteiger partial charge is 0.309 e. The van der Waals surface area contributed by atoms with Gasteiger partial charge in [0.1, 0.15) is 5.69 Å².